The van der Waals surface area contributed by atoms with Gasteiger partial charge in [0.15, 0.2) is 11.5 Å². The van der Waals surface area contributed by atoms with Crippen LogP contribution in [0, 0.1) is 0 Å². The Labute approximate surface area is 120 Å². The fourth-order valence-electron chi connectivity index (χ4n) is 1.94. The molecule has 1 aromatic carbocycles. The molecule has 4 N–H and O–H groups in total. The zero-order chi connectivity index (χ0) is 13.8. The highest BCUT2D eigenvalue weighted by Gasteiger charge is 2.17. The molecule has 1 heterocycles. The van der Waals surface area contributed by atoms with Gasteiger partial charge in [-0.25, -0.2) is 0 Å². The van der Waals surface area contributed by atoms with Crippen molar-refractivity contribution in [3.63, 3.8) is 0 Å². The zero-order valence-corrected chi connectivity index (χ0v) is 12.1. The Morgan fingerprint density at radius 1 is 1.32 bits per heavy atom. The van der Waals surface area contributed by atoms with Gasteiger partial charge >= 0.3 is 0 Å². The molecule has 0 saturated heterocycles. The average molecular weight is 329 g/mol. The molecule has 19 heavy (non-hydrogen) atoms. The molecule has 5 nitrogen and oxygen atoms in total. The van der Waals surface area contributed by atoms with E-state index >= 15 is 0 Å². The summed E-state index contributed by atoms with van der Waals surface area (Å²) in [5, 5.41) is 0. The lowest BCUT2D eigenvalue weighted by Gasteiger charge is -2.16. The van der Waals surface area contributed by atoms with E-state index in [1.165, 1.54) is 0 Å². The molecule has 1 unspecified atom stereocenters. The van der Waals surface area contributed by atoms with Crippen LogP contribution in [0.1, 0.15) is 30.9 Å². The molecule has 0 aromatic heterocycles. The minimum atomic E-state index is -0.346. The van der Waals surface area contributed by atoms with Crippen molar-refractivity contribution in [3.05, 3.63) is 22.2 Å². The fourth-order valence-corrected chi connectivity index (χ4v) is 2.55. The summed E-state index contributed by atoms with van der Waals surface area (Å²) in [5.74, 6) is 1.07. The maximum Gasteiger partial charge on any atom is 0.217 e. The minimum absolute atomic E-state index is 0.265. The number of benzene rings is 1. The van der Waals surface area contributed by atoms with E-state index in [-0.39, 0.29) is 18.4 Å². The maximum absolute atomic E-state index is 10.8. The van der Waals surface area contributed by atoms with Crippen molar-refractivity contribution in [2.45, 2.75) is 25.3 Å². The van der Waals surface area contributed by atoms with Gasteiger partial charge in [0, 0.05) is 23.4 Å². The first kappa shape index (κ1) is 14.1. The molecule has 1 aliphatic rings. The van der Waals surface area contributed by atoms with Crippen molar-refractivity contribution in [2.75, 3.05) is 13.2 Å². The van der Waals surface area contributed by atoms with Gasteiger partial charge < -0.3 is 20.9 Å². The lowest BCUT2D eigenvalue weighted by atomic mass is 10.0. The van der Waals surface area contributed by atoms with Gasteiger partial charge in [-0.1, -0.05) is 15.9 Å². The summed E-state index contributed by atoms with van der Waals surface area (Å²) in [4.78, 5) is 10.8. The first-order valence-corrected chi connectivity index (χ1v) is 7.00. The lowest BCUT2D eigenvalue weighted by molar-refractivity contribution is -0.118. The number of fused-ring (bicyclic) bond motifs is 1. The summed E-state index contributed by atoms with van der Waals surface area (Å²) in [6, 6.07) is 3.47. The van der Waals surface area contributed by atoms with Crippen LogP contribution in [0.2, 0.25) is 0 Å². The van der Waals surface area contributed by atoms with Crippen LogP contribution < -0.4 is 20.9 Å². The van der Waals surface area contributed by atoms with Gasteiger partial charge in [-0.3, -0.25) is 4.79 Å². The van der Waals surface area contributed by atoms with Gasteiger partial charge in [0.1, 0.15) is 0 Å². The summed E-state index contributed by atoms with van der Waals surface area (Å²) in [5.41, 5.74) is 12.1. The molecular formula is C13H17BrN2O3. The van der Waals surface area contributed by atoms with Crippen LogP contribution in [0.5, 0.6) is 11.5 Å². The van der Waals surface area contributed by atoms with Gasteiger partial charge in [-0.05, 0) is 24.1 Å². The van der Waals surface area contributed by atoms with Crippen molar-refractivity contribution < 1.29 is 14.3 Å². The van der Waals surface area contributed by atoms with Crippen LogP contribution in [-0.4, -0.2) is 19.1 Å². The van der Waals surface area contributed by atoms with Crippen molar-refractivity contribution in [1.29, 1.82) is 0 Å². The Morgan fingerprint density at radius 2 is 1.95 bits per heavy atom. The van der Waals surface area contributed by atoms with E-state index in [9.17, 15) is 4.79 Å². The number of ether oxygens (including phenoxy) is 2. The molecule has 0 fully saturated rings. The van der Waals surface area contributed by atoms with Crippen LogP contribution in [0.3, 0.4) is 0 Å². The van der Waals surface area contributed by atoms with Gasteiger partial charge in [-0.15, -0.1) is 0 Å². The number of amides is 1. The summed E-state index contributed by atoms with van der Waals surface area (Å²) < 4.78 is 12.1. The average Bonchev–Trinajstić information content (AvgIpc) is 2.59. The van der Waals surface area contributed by atoms with Crippen LogP contribution in [0.4, 0.5) is 0 Å². The van der Waals surface area contributed by atoms with Crippen molar-refractivity contribution in [1.82, 2.24) is 0 Å². The number of hydrogen-bond donors (Lipinski definition) is 2. The molecule has 6 heteroatoms. The molecule has 1 atom stereocenters. The standard InChI is InChI=1S/C13H17BrN2O3/c14-9-7-12-11(18-4-1-5-19-12)6-8(9)10(15)2-3-13(16)17/h6-7,10H,1-5,15H2,(H2,16,17). The summed E-state index contributed by atoms with van der Waals surface area (Å²) in [6.07, 6.45) is 1.63. The van der Waals surface area contributed by atoms with Gasteiger partial charge in [0.05, 0.1) is 13.2 Å². The Bertz CT molecular complexity index is 479. The molecule has 2 rings (SSSR count). The lowest BCUT2D eigenvalue weighted by Crippen LogP contribution is -2.17. The quantitative estimate of drug-likeness (QED) is 0.883. The van der Waals surface area contributed by atoms with Gasteiger partial charge in [0.25, 0.3) is 0 Å². The third kappa shape index (κ3) is 3.61. The zero-order valence-electron chi connectivity index (χ0n) is 10.5. The van der Waals surface area contributed by atoms with E-state index in [0.29, 0.717) is 25.4 Å². The van der Waals surface area contributed by atoms with Crippen molar-refractivity contribution >= 4 is 21.8 Å². The van der Waals surface area contributed by atoms with Crippen molar-refractivity contribution in [3.8, 4) is 11.5 Å². The predicted octanol–water partition coefficient (Wildman–Crippen LogP) is 1.88. The normalized spacial score (nSPS) is 15.7. The van der Waals surface area contributed by atoms with Gasteiger partial charge in [-0.2, -0.15) is 0 Å². The highest BCUT2D eigenvalue weighted by atomic mass is 79.9. The number of rotatable bonds is 4. The summed E-state index contributed by atoms with van der Waals surface area (Å²) >= 11 is 3.48. The highest BCUT2D eigenvalue weighted by Crippen LogP contribution is 2.37. The first-order valence-electron chi connectivity index (χ1n) is 6.21. The molecule has 0 spiro atoms. The van der Waals surface area contributed by atoms with E-state index in [4.69, 9.17) is 20.9 Å². The smallest absolute Gasteiger partial charge is 0.217 e. The number of nitrogens with two attached hydrogens (primary N) is 2. The highest BCUT2D eigenvalue weighted by molar-refractivity contribution is 9.10. The minimum Gasteiger partial charge on any atom is -0.490 e. The number of hydrogen-bond acceptors (Lipinski definition) is 4. The number of carbonyl (C=O) groups is 1. The third-order valence-electron chi connectivity index (χ3n) is 2.97. The topological polar surface area (TPSA) is 87.6 Å². The molecule has 0 aliphatic carbocycles. The molecule has 1 aromatic rings. The van der Waals surface area contributed by atoms with Crippen LogP contribution in [0.15, 0.2) is 16.6 Å². The second-order valence-electron chi connectivity index (χ2n) is 4.48. The van der Waals surface area contributed by atoms with Crippen LogP contribution >= 0.6 is 15.9 Å². The van der Waals surface area contributed by atoms with E-state index in [1.54, 1.807) is 0 Å². The first-order chi connectivity index (χ1) is 9.08. The molecular weight excluding hydrogens is 312 g/mol. The Balaban J connectivity index is 2.20. The van der Waals surface area contributed by atoms with E-state index in [0.717, 1.165) is 22.2 Å². The van der Waals surface area contributed by atoms with Crippen LogP contribution in [0.25, 0.3) is 0 Å². The number of halogens is 1. The second kappa shape index (κ2) is 6.25. The molecule has 0 radical (unpaired) electrons. The SMILES string of the molecule is NC(=O)CCC(N)c1cc2c(cc1Br)OCCCO2. The summed E-state index contributed by atoms with van der Waals surface area (Å²) in [7, 11) is 0. The number of carbonyl (C=O) groups excluding carboxylic acids is 1. The maximum atomic E-state index is 10.8. The fraction of sp³-hybridized carbons (Fsp3) is 0.462. The molecule has 0 bridgehead atoms. The van der Waals surface area contributed by atoms with E-state index in [1.807, 2.05) is 12.1 Å². The largest absolute Gasteiger partial charge is 0.490 e. The number of primary amides is 1. The van der Waals surface area contributed by atoms with Crippen molar-refractivity contribution in [2.24, 2.45) is 11.5 Å². The monoisotopic (exact) mass is 328 g/mol. The predicted molar refractivity (Wildman–Crippen MR) is 75.1 cm³/mol. The summed E-state index contributed by atoms with van der Waals surface area (Å²) in [6.45, 7) is 1.27. The van der Waals surface area contributed by atoms with E-state index in [2.05, 4.69) is 15.9 Å². The third-order valence-corrected chi connectivity index (χ3v) is 3.65. The second-order valence-corrected chi connectivity index (χ2v) is 5.34. The molecule has 104 valence electrons. The molecule has 1 aliphatic heterocycles. The van der Waals surface area contributed by atoms with E-state index < -0.39 is 0 Å². The Kier molecular flexibility index (Phi) is 4.66. The molecule has 1 amide bonds. The van der Waals surface area contributed by atoms with Gasteiger partial charge in [0.2, 0.25) is 5.91 Å². The Morgan fingerprint density at radius 3 is 2.58 bits per heavy atom. The molecule has 0 saturated carbocycles. The Hall–Kier alpha value is -1.27. The van der Waals surface area contributed by atoms with Crippen LogP contribution in [-0.2, 0) is 4.79 Å².